The van der Waals surface area contributed by atoms with Gasteiger partial charge in [0.25, 0.3) is 5.91 Å². The minimum Gasteiger partial charge on any atom is -0.368 e. The van der Waals surface area contributed by atoms with Crippen molar-refractivity contribution < 1.29 is 4.79 Å². The Morgan fingerprint density at radius 2 is 2.26 bits per heavy atom. The Morgan fingerprint density at radius 1 is 1.47 bits per heavy atom. The molecule has 0 aliphatic carbocycles. The second kappa shape index (κ2) is 5.97. The number of hydrogen-bond acceptors (Lipinski definition) is 5. The van der Waals surface area contributed by atoms with E-state index in [1.54, 1.807) is 20.2 Å². The number of likely N-dealkylation sites (tertiary alicyclic amines) is 1. The summed E-state index contributed by atoms with van der Waals surface area (Å²) >= 11 is 0. The van der Waals surface area contributed by atoms with Crippen molar-refractivity contribution >= 4 is 11.7 Å². The maximum absolute atomic E-state index is 11.7. The van der Waals surface area contributed by atoms with Gasteiger partial charge in [-0.3, -0.25) is 4.79 Å². The zero-order chi connectivity index (χ0) is 13.8. The van der Waals surface area contributed by atoms with Crippen LogP contribution < -0.4 is 5.32 Å². The van der Waals surface area contributed by atoms with Crippen LogP contribution >= 0.6 is 0 Å². The monoisotopic (exact) mass is 263 g/mol. The van der Waals surface area contributed by atoms with Crippen LogP contribution in [0.1, 0.15) is 16.9 Å². The van der Waals surface area contributed by atoms with Crippen LogP contribution in [0.5, 0.6) is 0 Å². The summed E-state index contributed by atoms with van der Waals surface area (Å²) in [4.78, 5) is 15.5. The SMILES string of the molecule is CN1CCC(CNc2ccc(C(=O)N(C)C)nn2)C1. The Labute approximate surface area is 113 Å². The predicted molar refractivity (Wildman–Crippen MR) is 74.1 cm³/mol. The molecule has 1 aliphatic rings. The van der Waals surface area contributed by atoms with Crippen LogP contribution in [-0.2, 0) is 0 Å². The number of hydrogen-bond donors (Lipinski definition) is 1. The van der Waals surface area contributed by atoms with Crippen molar-refractivity contribution in [2.45, 2.75) is 6.42 Å². The van der Waals surface area contributed by atoms with Crippen molar-refractivity contribution in [1.82, 2.24) is 20.0 Å². The van der Waals surface area contributed by atoms with Crippen LogP contribution in [0.25, 0.3) is 0 Å². The van der Waals surface area contributed by atoms with Crippen molar-refractivity contribution in [2.24, 2.45) is 5.92 Å². The van der Waals surface area contributed by atoms with Gasteiger partial charge in [0.05, 0.1) is 0 Å². The summed E-state index contributed by atoms with van der Waals surface area (Å²) < 4.78 is 0. The fourth-order valence-electron chi connectivity index (χ4n) is 2.21. The summed E-state index contributed by atoms with van der Waals surface area (Å²) in [7, 11) is 5.54. The van der Waals surface area contributed by atoms with Crippen molar-refractivity contribution in [3.05, 3.63) is 17.8 Å². The second-order valence-electron chi connectivity index (χ2n) is 5.30. The molecule has 0 saturated carbocycles. The van der Waals surface area contributed by atoms with E-state index in [4.69, 9.17) is 0 Å². The molecule has 104 valence electrons. The van der Waals surface area contributed by atoms with Crippen molar-refractivity contribution in [1.29, 1.82) is 0 Å². The summed E-state index contributed by atoms with van der Waals surface area (Å²) in [6, 6.07) is 3.51. The second-order valence-corrected chi connectivity index (χ2v) is 5.30. The summed E-state index contributed by atoms with van der Waals surface area (Å²) in [5.41, 5.74) is 0.371. The van der Waals surface area contributed by atoms with Crippen molar-refractivity contribution in [3.8, 4) is 0 Å². The number of carbonyl (C=O) groups is 1. The third kappa shape index (κ3) is 3.64. The van der Waals surface area contributed by atoms with E-state index in [-0.39, 0.29) is 5.91 Å². The Kier molecular flexibility index (Phi) is 4.31. The smallest absolute Gasteiger partial charge is 0.273 e. The van der Waals surface area contributed by atoms with Gasteiger partial charge in [-0.15, -0.1) is 10.2 Å². The minimum atomic E-state index is -0.128. The lowest BCUT2D eigenvalue weighted by Crippen LogP contribution is -2.23. The highest BCUT2D eigenvalue weighted by molar-refractivity contribution is 5.91. The molecule has 1 amide bonds. The fraction of sp³-hybridized carbons (Fsp3) is 0.615. The first-order valence-electron chi connectivity index (χ1n) is 6.54. The summed E-state index contributed by atoms with van der Waals surface area (Å²) in [6.45, 7) is 3.19. The highest BCUT2D eigenvalue weighted by Crippen LogP contribution is 2.14. The van der Waals surface area contributed by atoms with Crippen LogP contribution in [0.2, 0.25) is 0 Å². The average molecular weight is 263 g/mol. The molecule has 1 fully saturated rings. The molecule has 1 aromatic heterocycles. The van der Waals surface area contributed by atoms with E-state index < -0.39 is 0 Å². The lowest BCUT2D eigenvalue weighted by Gasteiger charge is -2.12. The van der Waals surface area contributed by atoms with E-state index in [1.165, 1.54) is 11.3 Å². The molecule has 2 rings (SSSR count). The van der Waals surface area contributed by atoms with Gasteiger partial charge in [-0.25, -0.2) is 0 Å². The van der Waals surface area contributed by atoms with Gasteiger partial charge in [-0.05, 0) is 38.1 Å². The molecule has 6 heteroatoms. The van der Waals surface area contributed by atoms with Gasteiger partial charge in [0.15, 0.2) is 5.69 Å². The molecule has 1 unspecified atom stereocenters. The van der Waals surface area contributed by atoms with Gasteiger partial charge < -0.3 is 15.1 Å². The van der Waals surface area contributed by atoms with Gasteiger partial charge in [-0.1, -0.05) is 0 Å². The molecule has 2 heterocycles. The number of amides is 1. The molecule has 1 N–H and O–H groups in total. The maximum Gasteiger partial charge on any atom is 0.273 e. The Balaban J connectivity index is 1.87. The van der Waals surface area contributed by atoms with Gasteiger partial charge >= 0.3 is 0 Å². The highest BCUT2D eigenvalue weighted by Gasteiger charge is 2.19. The first-order valence-corrected chi connectivity index (χ1v) is 6.54. The molecule has 1 aliphatic heterocycles. The van der Waals surface area contributed by atoms with Crippen LogP contribution in [0.15, 0.2) is 12.1 Å². The van der Waals surface area contributed by atoms with E-state index in [1.807, 2.05) is 6.07 Å². The third-order valence-corrected chi connectivity index (χ3v) is 3.35. The standard InChI is InChI=1S/C13H21N5O/c1-17(2)13(19)11-4-5-12(16-15-11)14-8-10-6-7-18(3)9-10/h4-5,10H,6-9H2,1-3H3,(H,14,16). The first-order chi connectivity index (χ1) is 9.06. The molecule has 0 bridgehead atoms. The highest BCUT2D eigenvalue weighted by atomic mass is 16.2. The molecule has 0 radical (unpaired) electrons. The minimum absolute atomic E-state index is 0.128. The van der Waals surface area contributed by atoms with E-state index >= 15 is 0 Å². The third-order valence-electron chi connectivity index (χ3n) is 3.35. The molecule has 1 aromatic rings. The normalized spacial score (nSPS) is 19.4. The topological polar surface area (TPSA) is 61.4 Å². The number of nitrogens with zero attached hydrogens (tertiary/aromatic N) is 4. The number of aromatic nitrogens is 2. The Morgan fingerprint density at radius 3 is 2.79 bits per heavy atom. The van der Waals surface area contributed by atoms with Crippen LogP contribution in [0, 0.1) is 5.92 Å². The zero-order valence-corrected chi connectivity index (χ0v) is 11.8. The summed E-state index contributed by atoms with van der Waals surface area (Å²) in [6.07, 6.45) is 1.22. The molecule has 1 atom stereocenters. The quantitative estimate of drug-likeness (QED) is 0.859. The lowest BCUT2D eigenvalue weighted by atomic mass is 10.1. The number of anilines is 1. The average Bonchev–Trinajstić information content (AvgIpc) is 2.82. The van der Waals surface area contributed by atoms with E-state index in [0.717, 1.165) is 25.5 Å². The molecule has 1 saturated heterocycles. The first kappa shape index (κ1) is 13.7. The molecule has 6 nitrogen and oxygen atoms in total. The maximum atomic E-state index is 11.7. The van der Waals surface area contributed by atoms with E-state index in [9.17, 15) is 4.79 Å². The largest absolute Gasteiger partial charge is 0.368 e. The Hall–Kier alpha value is -1.69. The molecule has 0 spiro atoms. The van der Waals surface area contributed by atoms with E-state index in [2.05, 4.69) is 27.5 Å². The lowest BCUT2D eigenvalue weighted by molar-refractivity contribution is 0.0821. The van der Waals surface area contributed by atoms with Crippen LogP contribution in [-0.4, -0.2) is 66.7 Å². The van der Waals surface area contributed by atoms with Gasteiger partial charge in [0.1, 0.15) is 5.82 Å². The predicted octanol–water partition coefficient (Wildman–Crippen LogP) is 0.542. The summed E-state index contributed by atoms with van der Waals surface area (Å²) in [5.74, 6) is 1.26. The Bertz CT molecular complexity index is 431. The number of rotatable bonds is 4. The molecule has 19 heavy (non-hydrogen) atoms. The van der Waals surface area contributed by atoms with Gasteiger partial charge in [-0.2, -0.15) is 0 Å². The molecular weight excluding hydrogens is 242 g/mol. The number of nitrogens with one attached hydrogen (secondary N) is 1. The van der Waals surface area contributed by atoms with Crippen LogP contribution in [0.4, 0.5) is 5.82 Å². The van der Waals surface area contributed by atoms with Gasteiger partial charge in [0.2, 0.25) is 0 Å². The summed E-state index contributed by atoms with van der Waals surface area (Å²) in [5, 5.41) is 11.3. The van der Waals surface area contributed by atoms with Crippen molar-refractivity contribution in [2.75, 3.05) is 46.1 Å². The molecular formula is C13H21N5O. The van der Waals surface area contributed by atoms with Crippen molar-refractivity contribution in [3.63, 3.8) is 0 Å². The van der Waals surface area contributed by atoms with E-state index in [0.29, 0.717) is 11.6 Å². The zero-order valence-electron chi connectivity index (χ0n) is 11.8. The molecule has 0 aromatic carbocycles. The fourth-order valence-corrected chi connectivity index (χ4v) is 2.21. The van der Waals surface area contributed by atoms with Gasteiger partial charge in [0, 0.05) is 27.2 Å². The number of carbonyl (C=O) groups excluding carboxylic acids is 1. The van der Waals surface area contributed by atoms with Crippen LogP contribution in [0.3, 0.4) is 0 Å².